The van der Waals surface area contributed by atoms with Gasteiger partial charge in [0.25, 0.3) is 0 Å². The van der Waals surface area contributed by atoms with Gasteiger partial charge in [0.1, 0.15) is 5.75 Å². The summed E-state index contributed by atoms with van der Waals surface area (Å²) in [6, 6.07) is 14.4. The second kappa shape index (κ2) is 8.10. The van der Waals surface area contributed by atoms with Gasteiger partial charge in [-0.15, -0.1) is 13.2 Å². The van der Waals surface area contributed by atoms with Crippen LogP contribution in [0, 0.1) is 0 Å². The lowest BCUT2D eigenvalue weighted by Crippen LogP contribution is -2.39. The number of anilines is 2. The van der Waals surface area contributed by atoms with Crippen LogP contribution in [0.2, 0.25) is 0 Å². The molecule has 2 aromatic carbocycles. The Balaban J connectivity index is 1.34. The third-order valence-corrected chi connectivity index (χ3v) is 4.84. The number of fused-ring (bicyclic) bond motifs is 1. The van der Waals surface area contributed by atoms with Gasteiger partial charge >= 0.3 is 12.4 Å². The number of rotatable bonds is 4. The topological polar surface area (TPSA) is 66.5 Å². The normalized spacial score (nSPS) is 16.5. The SMILES string of the molecule is O=C(Nc1ccc(OC(F)(F)F)cc1)NC1CCN(c2ccnc3ccccc23)C1. The van der Waals surface area contributed by atoms with Gasteiger partial charge in [0, 0.05) is 42.1 Å². The first-order chi connectivity index (χ1) is 14.4. The molecule has 1 saturated heterocycles. The molecular formula is C21H19F3N4O2. The molecule has 2 N–H and O–H groups in total. The highest BCUT2D eigenvalue weighted by Gasteiger charge is 2.31. The Hall–Kier alpha value is -3.49. The van der Waals surface area contributed by atoms with Gasteiger partial charge in [0.2, 0.25) is 0 Å². The zero-order valence-electron chi connectivity index (χ0n) is 15.8. The van der Waals surface area contributed by atoms with Crippen molar-refractivity contribution in [2.45, 2.75) is 18.8 Å². The fraction of sp³-hybridized carbons (Fsp3) is 0.238. The van der Waals surface area contributed by atoms with Crippen LogP contribution in [0.4, 0.5) is 29.3 Å². The highest BCUT2D eigenvalue weighted by atomic mass is 19.4. The molecule has 30 heavy (non-hydrogen) atoms. The molecule has 9 heteroatoms. The molecule has 0 spiro atoms. The van der Waals surface area contributed by atoms with Gasteiger partial charge in [0.15, 0.2) is 0 Å². The van der Waals surface area contributed by atoms with Crippen molar-refractivity contribution >= 4 is 28.3 Å². The lowest BCUT2D eigenvalue weighted by Gasteiger charge is -2.21. The number of carbonyl (C=O) groups is 1. The number of aromatic nitrogens is 1. The highest BCUT2D eigenvalue weighted by Crippen LogP contribution is 2.28. The number of ether oxygens (including phenoxy) is 1. The summed E-state index contributed by atoms with van der Waals surface area (Å²) >= 11 is 0. The van der Waals surface area contributed by atoms with Crippen molar-refractivity contribution < 1.29 is 22.7 Å². The number of hydrogen-bond donors (Lipinski definition) is 2. The third-order valence-electron chi connectivity index (χ3n) is 4.84. The van der Waals surface area contributed by atoms with Crippen molar-refractivity contribution in [1.29, 1.82) is 0 Å². The number of pyridine rings is 1. The zero-order chi connectivity index (χ0) is 21.1. The van der Waals surface area contributed by atoms with Gasteiger partial charge < -0.3 is 20.3 Å². The van der Waals surface area contributed by atoms with Crippen LogP contribution >= 0.6 is 0 Å². The van der Waals surface area contributed by atoms with E-state index in [-0.39, 0.29) is 11.8 Å². The van der Waals surface area contributed by atoms with E-state index in [4.69, 9.17) is 0 Å². The van der Waals surface area contributed by atoms with E-state index < -0.39 is 12.4 Å². The number of nitrogens with one attached hydrogen (secondary N) is 2. The van der Waals surface area contributed by atoms with E-state index in [1.54, 1.807) is 6.20 Å². The maximum absolute atomic E-state index is 12.3. The molecule has 0 aliphatic carbocycles. The van der Waals surface area contributed by atoms with Crippen molar-refractivity contribution in [3.8, 4) is 5.75 Å². The zero-order valence-corrected chi connectivity index (χ0v) is 15.8. The number of carbonyl (C=O) groups excluding carboxylic acids is 1. The van der Waals surface area contributed by atoms with Gasteiger partial charge in [0.05, 0.1) is 5.52 Å². The van der Waals surface area contributed by atoms with Gasteiger partial charge in [-0.25, -0.2) is 4.79 Å². The highest BCUT2D eigenvalue weighted by molar-refractivity contribution is 5.92. The molecule has 156 valence electrons. The minimum Gasteiger partial charge on any atom is -0.406 e. The van der Waals surface area contributed by atoms with Gasteiger partial charge in [-0.3, -0.25) is 4.98 Å². The fourth-order valence-corrected chi connectivity index (χ4v) is 3.55. The van der Waals surface area contributed by atoms with Crippen LogP contribution in [0.25, 0.3) is 10.9 Å². The Morgan fingerprint density at radius 3 is 2.63 bits per heavy atom. The van der Waals surface area contributed by atoms with Crippen molar-refractivity contribution in [2.75, 3.05) is 23.3 Å². The number of hydrogen-bond acceptors (Lipinski definition) is 4. The molecule has 1 fully saturated rings. The number of urea groups is 1. The molecule has 2 heterocycles. The Morgan fingerprint density at radius 2 is 1.87 bits per heavy atom. The molecule has 2 amide bonds. The average molecular weight is 416 g/mol. The molecule has 1 unspecified atom stereocenters. The maximum Gasteiger partial charge on any atom is 0.573 e. The van der Waals surface area contributed by atoms with E-state index in [9.17, 15) is 18.0 Å². The van der Waals surface area contributed by atoms with Gasteiger partial charge in [-0.05, 0) is 42.8 Å². The summed E-state index contributed by atoms with van der Waals surface area (Å²) in [5.41, 5.74) is 2.37. The van der Waals surface area contributed by atoms with Crippen LogP contribution in [0.5, 0.6) is 5.75 Å². The van der Waals surface area contributed by atoms with Crippen molar-refractivity contribution in [1.82, 2.24) is 10.3 Å². The number of nitrogens with zero attached hydrogens (tertiary/aromatic N) is 2. The Labute approximate surface area is 170 Å². The molecule has 1 aromatic heterocycles. The molecule has 6 nitrogen and oxygen atoms in total. The standard InChI is InChI=1S/C21H19F3N4O2/c22-21(23,24)30-16-7-5-14(6-8-16)26-20(29)27-15-10-12-28(13-15)19-9-11-25-18-4-2-1-3-17(18)19/h1-9,11,15H,10,12-13H2,(H2,26,27,29). The summed E-state index contributed by atoms with van der Waals surface area (Å²) in [6.07, 6.45) is -2.19. The minimum absolute atomic E-state index is 0.0511. The maximum atomic E-state index is 12.3. The summed E-state index contributed by atoms with van der Waals surface area (Å²) in [6.45, 7) is 1.45. The second-order valence-corrected chi connectivity index (χ2v) is 6.95. The molecule has 3 aromatic rings. The number of amides is 2. The van der Waals surface area contributed by atoms with Crippen molar-refractivity contribution in [3.63, 3.8) is 0 Å². The number of halogens is 3. The van der Waals surface area contributed by atoms with Gasteiger partial charge in [-0.2, -0.15) is 0 Å². The summed E-state index contributed by atoms with van der Waals surface area (Å²) in [7, 11) is 0. The fourth-order valence-electron chi connectivity index (χ4n) is 3.55. The predicted octanol–water partition coefficient (Wildman–Crippen LogP) is 4.53. The van der Waals surface area contributed by atoms with Crippen LogP contribution in [-0.4, -0.2) is 36.5 Å². The number of para-hydroxylation sites is 1. The Morgan fingerprint density at radius 1 is 1.10 bits per heavy atom. The summed E-state index contributed by atoms with van der Waals surface area (Å²) in [5.74, 6) is -0.343. The van der Waals surface area contributed by atoms with E-state index in [2.05, 4.69) is 25.3 Å². The minimum atomic E-state index is -4.75. The molecule has 1 aliphatic heterocycles. The first-order valence-corrected chi connectivity index (χ1v) is 9.39. The lowest BCUT2D eigenvalue weighted by atomic mass is 10.2. The van der Waals surface area contributed by atoms with Crippen LogP contribution in [0.15, 0.2) is 60.8 Å². The van der Waals surface area contributed by atoms with Crippen LogP contribution in [0.3, 0.4) is 0 Å². The molecule has 4 rings (SSSR count). The second-order valence-electron chi connectivity index (χ2n) is 6.95. The van der Waals surface area contributed by atoms with Crippen molar-refractivity contribution in [2.24, 2.45) is 0 Å². The van der Waals surface area contributed by atoms with Gasteiger partial charge in [-0.1, -0.05) is 18.2 Å². The lowest BCUT2D eigenvalue weighted by molar-refractivity contribution is -0.274. The average Bonchev–Trinajstić information content (AvgIpc) is 3.16. The summed E-state index contributed by atoms with van der Waals surface area (Å²) in [5, 5.41) is 6.60. The van der Waals surface area contributed by atoms with Crippen LogP contribution < -0.4 is 20.3 Å². The first kappa shape index (κ1) is 19.8. The molecule has 1 atom stereocenters. The largest absolute Gasteiger partial charge is 0.573 e. The van der Waals surface area contributed by atoms with Crippen LogP contribution in [0.1, 0.15) is 6.42 Å². The molecule has 1 aliphatic rings. The first-order valence-electron chi connectivity index (χ1n) is 9.39. The number of benzene rings is 2. The smallest absolute Gasteiger partial charge is 0.406 e. The van der Waals surface area contributed by atoms with E-state index in [1.807, 2.05) is 30.3 Å². The van der Waals surface area contributed by atoms with Crippen molar-refractivity contribution in [3.05, 3.63) is 60.8 Å². The van der Waals surface area contributed by atoms with Crippen LogP contribution in [-0.2, 0) is 0 Å². The van der Waals surface area contributed by atoms with E-state index in [0.717, 1.165) is 41.7 Å². The third kappa shape index (κ3) is 4.73. The Kier molecular flexibility index (Phi) is 5.35. The summed E-state index contributed by atoms with van der Waals surface area (Å²) in [4.78, 5) is 18.9. The quantitative estimate of drug-likeness (QED) is 0.656. The molecule has 0 bridgehead atoms. The summed E-state index contributed by atoms with van der Waals surface area (Å²) < 4.78 is 40.4. The monoisotopic (exact) mass is 416 g/mol. The Bertz CT molecular complexity index is 1040. The van der Waals surface area contributed by atoms with E-state index in [0.29, 0.717) is 12.2 Å². The van der Waals surface area contributed by atoms with E-state index >= 15 is 0 Å². The van der Waals surface area contributed by atoms with E-state index in [1.165, 1.54) is 12.1 Å². The molecular weight excluding hydrogens is 397 g/mol. The number of alkyl halides is 3. The predicted molar refractivity (Wildman–Crippen MR) is 108 cm³/mol. The molecule has 0 radical (unpaired) electrons. The molecule has 0 saturated carbocycles.